The first kappa shape index (κ1) is 10.7. The van der Waals surface area contributed by atoms with Gasteiger partial charge in [0.2, 0.25) is 0 Å². The van der Waals surface area contributed by atoms with Crippen molar-refractivity contribution in [2.24, 2.45) is 0 Å². The fourth-order valence-electron chi connectivity index (χ4n) is 1.20. The lowest BCUT2D eigenvalue weighted by Crippen LogP contribution is -2.06. The highest BCUT2D eigenvalue weighted by Gasteiger charge is 2.10. The standard InChI is InChI=1S/C10H13NO3/c1-14-10(13)9-4-5-11-7-8(9)3-2-6-12/h4-5,7,12H,2-3,6H2,1H3. The largest absolute Gasteiger partial charge is 0.465 e. The van der Waals surface area contributed by atoms with Gasteiger partial charge in [-0.25, -0.2) is 4.79 Å². The molecule has 1 heterocycles. The van der Waals surface area contributed by atoms with E-state index >= 15 is 0 Å². The van der Waals surface area contributed by atoms with Gasteiger partial charge in [0.15, 0.2) is 0 Å². The number of methoxy groups -OCH3 is 1. The van der Waals surface area contributed by atoms with Crippen LogP contribution >= 0.6 is 0 Å². The fourth-order valence-corrected chi connectivity index (χ4v) is 1.20. The molecule has 0 unspecified atom stereocenters. The summed E-state index contributed by atoms with van der Waals surface area (Å²) in [5.41, 5.74) is 1.34. The Morgan fingerprint density at radius 3 is 3.07 bits per heavy atom. The zero-order valence-corrected chi connectivity index (χ0v) is 8.06. The van der Waals surface area contributed by atoms with Crippen molar-refractivity contribution in [2.75, 3.05) is 13.7 Å². The Morgan fingerprint density at radius 2 is 2.43 bits per heavy atom. The maximum atomic E-state index is 11.3. The maximum Gasteiger partial charge on any atom is 0.338 e. The van der Waals surface area contributed by atoms with Crippen LogP contribution < -0.4 is 0 Å². The molecule has 0 atom stereocenters. The third kappa shape index (κ3) is 2.53. The first-order chi connectivity index (χ1) is 6.79. The zero-order valence-electron chi connectivity index (χ0n) is 8.06. The second-order valence-corrected chi connectivity index (χ2v) is 2.85. The van der Waals surface area contributed by atoms with Gasteiger partial charge < -0.3 is 9.84 Å². The number of pyridine rings is 1. The third-order valence-corrected chi connectivity index (χ3v) is 1.91. The summed E-state index contributed by atoms with van der Waals surface area (Å²) in [7, 11) is 1.35. The number of hydrogen-bond acceptors (Lipinski definition) is 4. The van der Waals surface area contributed by atoms with Crippen molar-refractivity contribution < 1.29 is 14.6 Å². The van der Waals surface area contributed by atoms with E-state index in [-0.39, 0.29) is 12.6 Å². The third-order valence-electron chi connectivity index (χ3n) is 1.91. The summed E-state index contributed by atoms with van der Waals surface area (Å²) in [6, 6.07) is 1.62. The minimum atomic E-state index is -0.361. The number of carbonyl (C=O) groups is 1. The lowest BCUT2D eigenvalue weighted by molar-refractivity contribution is 0.0599. The highest BCUT2D eigenvalue weighted by molar-refractivity contribution is 5.90. The average Bonchev–Trinajstić information content (AvgIpc) is 2.25. The van der Waals surface area contributed by atoms with Crippen LogP contribution in [0.3, 0.4) is 0 Å². The van der Waals surface area contributed by atoms with E-state index in [2.05, 4.69) is 9.72 Å². The Balaban J connectivity index is 2.85. The summed E-state index contributed by atoms with van der Waals surface area (Å²) >= 11 is 0. The number of rotatable bonds is 4. The predicted octanol–water partition coefficient (Wildman–Crippen LogP) is 0.793. The van der Waals surface area contributed by atoms with Crippen molar-refractivity contribution in [1.29, 1.82) is 0 Å². The van der Waals surface area contributed by atoms with Gasteiger partial charge in [-0.1, -0.05) is 0 Å². The monoisotopic (exact) mass is 195 g/mol. The van der Waals surface area contributed by atoms with Crippen LogP contribution in [-0.2, 0) is 11.2 Å². The predicted molar refractivity (Wildman–Crippen MR) is 51.0 cm³/mol. The molecule has 1 N–H and O–H groups in total. The van der Waals surface area contributed by atoms with Gasteiger partial charge in [0, 0.05) is 19.0 Å². The molecule has 0 aliphatic carbocycles. The van der Waals surface area contributed by atoms with Crippen molar-refractivity contribution >= 4 is 5.97 Å². The summed E-state index contributed by atoms with van der Waals surface area (Å²) in [6.07, 6.45) is 4.43. The van der Waals surface area contributed by atoms with Gasteiger partial charge in [0.25, 0.3) is 0 Å². The molecule has 0 aliphatic heterocycles. The van der Waals surface area contributed by atoms with Gasteiger partial charge in [-0.2, -0.15) is 0 Å². The van der Waals surface area contributed by atoms with Crippen LogP contribution in [0, 0.1) is 0 Å². The molecular weight excluding hydrogens is 182 g/mol. The molecule has 1 rings (SSSR count). The summed E-state index contributed by atoms with van der Waals surface area (Å²) in [4.78, 5) is 15.2. The number of ether oxygens (including phenoxy) is 1. The molecule has 0 bridgehead atoms. The van der Waals surface area contributed by atoms with Crippen molar-refractivity contribution in [2.45, 2.75) is 12.8 Å². The highest BCUT2D eigenvalue weighted by Crippen LogP contribution is 2.10. The van der Waals surface area contributed by atoms with Crippen LogP contribution in [0.5, 0.6) is 0 Å². The second kappa shape index (κ2) is 5.34. The normalized spacial score (nSPS) is 9.86. The quantitative estimate of drug-likeness (QED) is 0.722. The molecule has 4 heteroatoms. The lowest BCUT2D eigenvalue weighted by atomic mass is 10.1. The SMILES string of the molecule is COC(=O)c1ccncc1CCCO. The van der Waals surface area contributed by atoms with Gasteiger partial charge in [-0.15, -0.1) is 0 Å². The van der Waals surface area contributed by atoms with E-state index in [1.165, 1.54) is 7.11 Å². The molecule has 1 aromatic rings. The Labute approximate surface area is 82.5 Å². The van der Waals surface area contributed by atoms with Crippen LogP contribution in [-0.4, -0.2) is 29.8 Å². The number of nitrogens with zero attached hydrogens (tertiary/aromatic N) is 1. The molecule has 76 valence electrons. The van der Waals surface area contributed by atoms with Crippen molar-refractivity contribution in [3.63, 3.8) is 0 Å². The number of aromatic nitrogens is 1. The average molecular weight is 195 g/mol. The van der Waals surface area contributed by atoms with E-state index in [1.807, 2.05) is 0 Å². The molecule has 0 saturated carbocycles. The van der Waals surface area contributed by atoms with Crippen LogP contribution in [0.4, 0.5) is 0 Å². The Bertz CT molecular complexity index is 312. The Hall–Kier alpha value is -1.42. The number of hydrogen-bond donors (Lipinski definition) is 1. The molecule has 0 aromatic carbocycles. The molecule has 4 nitrogen and oxygen atoms in total. The van der Waals surface area contributed by atoms with E-state index < -0.39 is 0 Å². The maximum absolute atomic E-state index is 11.3. The molecule has 0 spiro atoms. The number of aryl methyl sites for hydroxylation is 1. The minimum absolute atomic E-state index is 0.107. The van der Waals surface area contributed by atoms with Gasteiger partial charge in [0.1, 0.15) is 0 Å². The molecule has 1 aromatic heterocycles. The number of aliphatic hydroxyl groups excluding tert-OH is 1. The Morgan fingerprint density at radius 1 is 1.64 bits per heavy atom. The summed E-state index contributed by atoms with van der Waals surface area (Å²) in [5, 5.41) is 8.68. The Kier molecular flexibility index (Phi) is 4.07. The molecule has 0 aliphatic rings. The summed E-state index contributed by atoms with van der Waals surface area (Å²) < 4.78 is 4.63. The topological polar surface area (TPSA) is 59.4 Å². The smallest absolute Gasteiger partial charge is 0.338 e. The van der Waals surface area contributed by atoms with E-state index in [1.54, 1.807) is 18.5 Å². The molecule has 0 saturated heterocycles. The molecule has 0 radical (unpaired) electrons. The highest BCUT2D eigenvalue weighted by atomic mass is 16.5. The zero-order chi connectivity index (χ0) is 10.4. The number of carbonyl (C=O) groups excluding carboxylic acids is 1. The fraction of sp³-hybridized carbons (Fsp3) is 0.400. The van der Waals surface area contributed by atoms with Gasteiger partial charge in [-0.3, -0.25) is 4.98 Å². The first-order valence-corrected chi connectivity index (χ1v) is 4.41. The summed E-state index contributed by atoms with van der Waals surface area (Å²) in [5.74, 6) is -0.361. The van der Waals surface area contributed by atoms with Gasteiger partial charge >= 0.3 is 5.97 Å². The molecule has 14 heavy (non-hydrogen) atoms. The molecular formula is C10H13NO3. The van der Waals surface area contributed by atoms with Crippen LogP contribution in [0.2, 0.25) is 0 Å². The van der Waals surface area contributed by atoms with Crippen LogP contribution in [0.1, 0.15) is 22.3 Å². The second-order valence-electron chi connectivity index (χ2n) is 2.85. The van der Waals surface area contributed by atoms with Crippen molar-refractivity contribution in [3.8, 4) is 0 Å². The van der Waals surface area contributed by atoms with Crippen molar-refractivity contribution in [1.82, 2.24) is 4.98 Å². The van der Waals surface area contributed by atoms with Crippen LogP contribution in [0.15, 0.2) is 18.5 Å². The van der Waals surface area contributed by atoms with E-state index in [0.29, 0.717) is 18.4 Å². The van der Waals surface area contributed by atoms with Gasteiger partial charge in [-0.05, 0) is 24.5 Å². The van der Waals surface area contributed by atoms with Crippen LogP contribution in [0.25, 0.3) is 0 Å². The minimum Gasteiger partial charge on any atom is -0.465 e. The first-order valence-electron chi connectivity index (χ1n) is 4.41. The number of aliphatic hydroxyl groups is 1. The van der Waals surface area contributed by atoms with Gasteiger partial charge in [0.05, 0.1) is 12.7 Å². The van der Waals surface area contributed by atoms with E-state index in [4.69, 9.17) is 5.11 Å². The summed E-state index contributed by atoms with van der Waals surface area (Å²) in [6.45, 7) is 0.107. The molecule has 0 amide bonds. The van der Waals surface area contributed by atoms with E-state index in [9.17, 15) is 4.79 Å². The van der Waals surface area contributed by atoms with Crippen molar-refractivity contribution in [3.05, 3.63) is 29.6 Å². The lowest BCUT2D eigenvalue weighted by Gasteiger charge is -2.05. The van der Waals surface area contributed by atoms with E-state index in [0.717, 1.165) is 5.56 Å². The molecule has 0 fully saturated rings. The number of esters is 1.